The Morgan fingerprint density at radius 3 is 2.80 bits per heavy atom. The third kappa shape index (κ3) is 3.45. The number of hydrogen-bond donors (Lipinski definition) is 1. The summed E-state index contributed by atoms with van der Waals surface area (Å²) in [7, 11) is 0. The highest BCUT2D eigenvalue weighted by Gasteiger charge is 2.34. The fourth-order valence-electron chi connectivity index (χ4n) is 3.39. The van der Waals surface area contributed by atoms with Crippen LogP contribution in [0.1, 0.15) is 11.4 Å². The summed E-state index contributed by atoms with van der Waals surface area (Å²) in [6.07, 6.45) is 3.13. The Kier molecular flexibility index (Phi) is 4.55. The smallest absolute Gasteiger partial charge is 0.232 e. The van der Waals surface area contributed by atoms with Crippen molar-refractivity contribution in [1.29, 1.82) is 0 Å². The van der Waals surface area contributed by atoms with E-state index in [0.717, 1.165) is 17.2 Å². The molecule has 0 radical (unpaired) electrons. The number of thiazole rings is 1. The van der Waals surface area contributed by atoms with Crippen molar-refractivity contribution < 1.29 is 9.21 Å². The number of hydrogen-bond acceptors (Lipinski definition) is 8. The van der Waals surface area contributed by atoms with Gasteiger partial charge < -0.3 is 14.6 Å². The van der Waals surface area contributed by atoms with E-state index in [2.05, 4.69) is 30.3 Å². The standard InChI is InChI=1S/C20H19N7O2S/c1-12-6-13(2)27(25-12)18-7-17(21-11-22-18)26-8-14(9-26)19(28)24-20-23-15(10-30-20)16-4-3-5-29-16/h3-7,10-11,14H,8-9H2,1-2H3,(H,23,24,28). The van der Waals surface area contributed by atoms with Crippen molar-refractivity contribution in [2.45, 2.75) is 13.8 Å². The van der Waals surface area contributed by atoms with Gasteiger partial charge in [-0.05, 0) is 32.0 Å². The SMILES string of the molecule is Cc1cc(C)n(-c2cc(N3CC(C(=O)Nc4nc(-c5ccco5)cs4)C3)ncn2)n1. The van der Waals surface area contributed by atoms with Crippen LogP contribution < -0.4 is 10.2 Å². The first-order valence-electron chi connectivity index (χ1n) is 9.48. The van der Waals surface area contributed by atoms with Crippen LogP contribution in [-0.2, 0) is 4.79 Å². The second kappa shape index (κ2) is 7.38. The number of amides is 1. The summed E-state index contributed by atoms with van der Waals surface area (Å²) in [5, 5.41) is 9.80. The van der Waals surface area contributed by atoms with Gasteiger partial charge in [0.1, 0.15) is 17.8 Å². The van der Waals surface area contributed by atoms with Crippen molar-refractivity contribution in [3.8, 4) is 17.3 Å². The van der Waals surface area contributed by atoms with Crippen LogP contribution in [0.4, 0.5) is 10.9 Å². The number of rotatable bonds is 5. The molecule has 1 saturated heterocycles. The molecule has 4 aromatic heterocycles. The molecule has 1 aliphatic heterocycles. The molecule has 30 heavy (non-hydrogen) atoms. The molecule has 5 heterocycles. The average Bonchev–Trinajstić information content (AvgIpc) is 3.42. The minimum atomic E-state index is -0.118. The number of nitrogens with zero attached hydrogens (tertiary/aromatic N) is 6. The molecule has 5 rings (SSSR count). The molecule has 0 atom stereocenters. The molecule has 152 valence electrons. The highest BCUT2D eigenvalue weighted by atomic mass is 32.1. The highest BCUT2D eigenvalue weighted by Crippen LogP contribution is 2.28. The molecule has 1 aliphatic rings. The first-order valence-corrected chi connectivity index (χ1v) is 10.4. The molecule has 0 spiro atoms. The largest absolute Gasteiger partial charge is 0.463 e. The maximum atomic E-state index is 12.6. The number of aromatic nitrogens is 5. The van der Waals surface area contributed by atoms with Gasteiger partial charge in [-0.2, -0.15) is 5.10 Å². The van der Waals surface area contributed by atoms with Gasteiger partial charge in [0.25, 0.3) is 0 Å². The van der Waals surface area contributed by atoms with Crippen LogP contribution in [0.5, 0.6) is 0 Å². The molecule has 0 aromatic carbocycles. The van der Waals surface area contributed by atoms with Gasteiger partial charge in [-0.1, -0.05) is 0 Å². The minimum Gasteiger partial charge on any atom is -0.463 e. The lowest BCUT2D eigenvalue weighted by Crippen LogP contribution is -2.52. The molecule has 0 saturated carbocycles. The number of aryl methyl sites for hydroxylation is 2. The van der Waals surface area contributed by atoms with Gasteiger partial charge in [-0.25, -0.2) is 19.6 Å². The lowest BCUT2D eigenvalue weighted by molar-refractivity contribution is -0.120. The quantitative estimate of drug-likeness (QED) is 0.528. The van der Waals surface area contributed by atoms with E-state index >= 15 is 0 Å². The van der Waals surface area contributed by atoms with Gasteiger partial charge in [-0.15, -0.1) is 11.3 Å². The maximum absolute atomic E-state index is 12.6. The van der Waals surface area contributed by atoms with E-state index in [1.54, 1.807) is 10.9 Å². The predicted molar refractivity (Wildman–Crippen MR) is 113 cm³/mol. The van der Waals surface area contributed by atoms with Gasteiger partial charge in [0.15, 0.2) is 16.7 Å². The summed E-state index contributed by atoms with van der Waals surface area (Å²) in [5.74, 6) is 2.02. The number of carbonyl (C=O) groups is 1. The highest BCUT2D eigenvalue weighted by molar-refractivity contribution is 7.14. The maximum Gasteiger partial charge on any atom is 0.232 e. The normalized spacial score (nSPS) is 14.0. The summed E-state index contributed by atoms with van der Waals surface area (Å²) in [4.78, 5) is 27.7. The Labute approximate surface area is 176 Å². The minimum absolute atomic E-state index is 0.0422. The molecule has 10 heteroatoms. The van der Waals surface area contributed by atoms with Gasteiger partial charge in [0.05, 0.1) is 17.9 Å². The molecule has 0 aliphatic carbocycles. The number of carbonyl (C=O) groups excluding carboxylic acids is 1. The van der Waals surface area contributed by atoms with Crippen molar-refractivity contribution in [2.75, 3.05) is 23.3 Å². The fraction of sp³-hybridized carbons (Fsp3) is 0.250. The monoisotopic (exact) mass is 421 g/mol. The predicted octanol–water partition coefficient (Wildman–Crippen LogP) is 3.07. The molecular weight excluding hydrogens is 402 g/mol. The Bertz CT molecular complexity index is 1190. The van der Waals surface area contributed by atoms with Crippen molar-refractivity contribution in [2.24, 2.45) is 5.92 Å². The topological polar surface area (TPSA) is 102 Å². The molecule has 1 N–H and O–H groups in total. The van der Waals surface area contributed by atoms with Gasteiger partial charge in [0, 0.05) is 30.2 Å². The Morgan fingerprint density at radius 2 is 2.07 bits per heavy atom. The summed E-state index contributed by atoms with van der Waals surface area (Å²) in [5.41, 5.74) is 2.66. The number of furan rings is 1. The van der Waals surface area contributed by atoms with Crippen LogP contribution >= 0.6 is 11.3 Å². The molecule has 4 aromatic rings. The van der Waals surface area contributed by atoms with Crippen molar-refractivity contribution in [3.63, 3.8) is 0 Å². The molecule has 0 bridgehead atoms. The van der Waals surface area contributed by atoms with Crippen LogP contribution in [0.15, 0.2) is 46.7 Å². The van der Waals surface area contributed by atoms with E-state index in [1.807, 2.05) is 43.5 Å². The third-order valence-electron chi connectivity index (χ3n) is 4.95. The summed E-state index contributed by atoms with van der Waals surface area (Å²) in [6, 6.07) is 7.54. The summed E-state index contributed by atoms with van der Waals surface area (Å²) < 4.78 is 7.13. The zero-order valence-corrected chi connectivity index (χ0v) is 17.3. The van der Waals surface area contributed by atoms with Crippen LogP contribution in [0.25, 0.3) is 17.3 Å². The third-order valence-corrected chi connectivity index (χ3v) is 5.71. The molecule has 1 amide bonds. The van der Waals surface area contributed by atoms with Gasteiger partial charge in [-0.3, -0.25) is 4.79 Å². The second-order valence-electron chi connectivity index (χ2n) is 7.18. The van der Waals surface area contributed by atoms with Crippen LogP contribution in [0, 0.1) is 19.8 Å². The molecule has 1 fully saturated rings. The van der Waals surface area contributed by atoms with E-state index in [9.17, 15) is 4.79 Å². The Balaban J connectivity index is 1.22. The van der Waals surface area contributed by atoms with E-state index in [-0.39, 0.29) is 11.8 Å². The lowest BCUT2D eigenvalue weighted by atomic mass is 9.99. The van der Waals surface area contributed by atoms with Crippen LogP contribution in [0.2, 0.25) is 0 Å². The summed E-state index contributed by atoms with van der Waals surface area (Å²) >= 11 is 1.38. The van der Waals surface area contributed by atoms with E-state index in [0.29, 0.717) is 35.5 Å². The zero-order valence-electron chi connectivity index (χ0n) is 16.4. The van der Waals surface area contributed by atoms with Crippen molar-refractivity contribution in [1.82, 2.24) is 24.7 Å². The molecule has 9 nitrogen and oxygen atoms in total. The summed E-state index contributed by atoms with van der Waals surface area (Å²) in [6.45, 7) is 5.12. The van der Waals surface area contributed by atoms with Crippen molar-refractivity contribution >= 4 is 28.2 Å². The van der Waals surface area contributed by atoms with Crippen LogP contribution in [0.3, 0.4) is 0 Å². The number of anilines is 2. The van der Waals surface area contributed by atoms with Crippen molar-refractivity contribution in [3.05, 3.63) is 53.6 Å². The lowest BCUT2D eigenvalue weighted by Gasteiger charge is -2.38. The van der Waals surface area contributed by atoms with E-state index in [1.165, 1.54) is 17.7 Å². The first-order chi connectivity index (χ1) is 14.6. The first kappa shape index (κ1) is 18.5. The Morgan fingerprint density at radius 1 is 1.23 bits per heavy atom. The molecular formula is C20H19N7O2S. The van der Waals surface area contributed by atoms with Gasteiger partial charge >= 0.3 is 0 Å². The second-order valence-corrected chi connectivity index (χ2v) is 8.04. The Hall–Kier alpha value is -3.53. The molecule has 0 unspecified atom stereocenters. The van der Waals surface area contributed by atoms with Gasteiger partial charge in [0.2, 0.25) is 5.91 Å². The average molecular weight is 421 g/mol. The van der Waals surface area contributed by atoms with Crippen LogP contribution in [-0.4, -0.2) is 43.7 Å². The fourth-order valence-corrected chi connectivity index (χ4v) is 4.10. The number of nitrogens with one attached hydrogen (secondary N) is 1. The van der Waals surface area contributed by atoms with E-state index < -0.39 is 0 Å². The van der Waals surface area contributed by atoms with E-state index in [4.69, 9.17) is 4.42 Å². The zero-order chi connectivity index (χ0) is 20.7.